The Balaban J connectivity index is 2.20. The number of hydrogen-bond donors (Lipinski definition) is 4. The molecule has 0 aromatic carbocycles. The number of hydrogen-bond acceptors (Lipinski definition) is 9. The van der Waals surface area contributed by atoms with Crippen molar-refractivity contribution >= 4 is 5.97 Å². The third kappa shape index (κ3) is 32.1. The molecule has 9 heteroatoms. The van der Waals surface area contributed by atoms with E-state index < -0.39 is 43.4 Å². The predicted molar refractivity (Wildman–Crippen MR) is 242 cm³/mol. The van der Waals surface area contributed by atoms with E-state index in [4.69, 9.17) is 18.9 Å². The van der Waals surface area contributed by atoms with Crippen molar-refractivity contribution in [3.8, 4) is 0 Å². The number of rotatable bonds is 39. The van der Waals surface area contributed by atoms with Gasteiger partial charge in [-0.05, 0) is 64.2 Å². The maximum atomic E-state index is 12.7. The van der Waals surface area contributed by atoms with E-state index >= 15 is 0 Å². The lowest BCUT2D eigenvalue weighted by atomic mass is 9.99. The Morgan fingerprint density at radius 2 is 1.03 bits per heavy atom. The molecule has 340 valence electrons. The van der Waals surface area contributed by atoms with Crippen LogP contribution in [0, 0.1) is 0 Å². The van der Waals surface area contributed by atoms with Crippen LogP contribution in [0.5, 0.6) is 0 Å². The second-order valence-corrected chi connectivity index (χ2v) is 15.8. The number of aliphatic hydroxyl groups is 4. The van der Waals surface area contributed by atoms with Crippen LogP contribution in [0.2, 0.25) is 0 Å². The van der Waals surface area contributed by atoms with Crippen molar-refractivity contribution in [2.45, 2.75) is 211 Å². The quantitative estimate of drug-likeness (QED) is 0.0271. The zero-order valence-corrected chi connectivity index (χ0v) is 37.2. The summed E-state index contributed by atoms with van der Waals surface area (Å²) in [5, 5.41) is 40.1. The van der Waals surface area contributed by atoms with Gasteiger partial charge < -0.3 is 39.4 Å². The first-order valence-corrected chi connectivity index (χ1v) is 23.5. The first kappa shape index (κ1) is 54.6. The zero-order valence-electron chi connectivity index (χ0n) is 37.2. The minimum Gasteiger partial charge on any atom is -0.457 e. The SMILES string of the molecule is CC/C=C\C/C=C\C/C=C\C/C=C\C/C=C\C/C=C\CCCCCCCCCOCC(COC1OC(CO)C(O)C(O)C1O)OC(=O)CCCCCCCCCCCC. The van der Waals surface area contributed by atoms with Crippen LogP contribution in [0.3, 0.4) is 0 Å². The molecule has 0 aliphatic carbocycles. The highest BCUT2D eigenvalue weighted by molar-refractivity contribution is 5.69. The Morgan fingerprint density at radius 3 is 1.56 bits per heavy atom. The normalized spacial score (nSPS) is 20.8. The average Bonchev–Trinajstić information content (AvgIpc) is 3.24. The lowest BCUT2D eigenvalue weighted by Crippen LogP contribution is -2.59. The highest BCUT2D eigenvalue weighted by Gasteiger charge is 2.44. The molecule has 1 saturated heterocycles. The van der Waals surface area contributed by atoms with Gasteiger partial charge in [0, 0.05) is 13.0 Å². The van der Waals surface area contributed by atoms with Crippen LogP contribution in [0.4, 0.5) is 0 Å². The second-order valence-electron chi connectivity index (χ2n) is 15.8. The summed E-state index contributed by atoms with van der Waals surface area (Å²) in [6.07, 6.45) is 46.5. The molecule has 59 heavy (non-hydrogen) atoms. The van der Waals surface area contributed by atoms with E-state index in [2.05, 4.69) is 86.8 Å². The summed E-state index contributed by atoms with van der Waals surface area (Å²) in [7, 11) is 0. The van der Waals surface area contributed by atoms with Crippen LogP contribution in [0.15, 0.2) is 72.9 Å². The highest BCUT2D eigenvalue weighted by atomic mass is 16.7. The first-order chi connectivity index (χ1) is 28.9. The summed E-state index contributed by atoms with van der Waals surface area (Å²) in [6, 6.07) is 0. The number of carbonyl (C=O) groups excluding carboxylic acids is 1. The Kier molecular flexibility index (Phi) is 38.0. The summed E-state index contributed by atoms with van der Waals surface area (Å²) in [5.74, 6) is -0.323. The summed E-state index contributed by atoms with van der Waals surface area (Å²) in [6.45, 7) is 4.39. The van der Waals surface area contributed by atoms with Gasteiger partial charge in [-0.3, -0.25) is 4.79 Å². The summed E-state index contributed by atoms with van der Waals surface area (Å²) < 4.78 is 22.8. The summed E-state index contributed by atoms with van der Waals surface area (Å²) in [5.41, 5.74) is 0. The fourth-order valence-corrected chi connectivity index (χ4v) is 6.73. The molecule has 9 nitrogen and oxygen atoms in total. The van der Waals surface area contributed by atoms with Crippen molar-refractivity contribution in [1.29, 1.82) is 0 Å². The lowest BCUT2D eigenvalue weighted by molar-refractivity contribution is -0.305. The van der Waals surface area contributed by atoms with Crippen LogP contribution in [0.25, 0.3) is 0 Å². The molecule has 0 spiro atoms. The van der Waals surface area contributed by atoms with Crippen molar-refractivity contribution < 1.29 is 44.2 Å². The molecule has 6 unspecified atom stereocenters. The molecule has 1 rings (SSSR count). The van der Waals surface area contributed by atoms with E-state index in [9.17, 15) is 25.2 Å². The molecule has 4 N–H and O–H groups in total. The van der Waals surface area contributed by atoms with E-state index in [0.29, 0.717) is 13.0 Å². The zero-order chi connectivity index (χ0) is 42.9. The van der Waals surface area contributed by atoms with Gasteiger partial charge in [-0.2, -0.15) is 0 Å². The molecular formula is C50H86O9. The minimum absolute atomic E-state index is 0.120. The third-order valence-corrected chi connectivity index (χ3v) is 10.4. The molecule has 1 aliphatic heterocycles. The maximum Gasteiger partial charge on any atom is 0.306 e. The van der Waals surface area contributed by atoms with Crippen molar-refractivity contribution in [3.05, 3.63) is 72.9 Å². The summed E-state index contributed by atoms with van der Waals surface area (Å²) >= 11 is 0. The van der Waals surface area contributed by atoms with Gasteiger partial charge in [0.1, 0.15) is 30.5 Å². The van der Waals surface area contributed by atoms with Crippen LogP contribution in [-0.2, 0) is 23.7 Å². The van der Waals surface area contributed by atoms with Crippen LogP contribution >= 0.6 is 0 Å². The van der Waals surface area contributed by atoms with E-state index in [1.165, 1.54) is 70.6 Å². The van der Waals surface area contributed by atoms with Gasteiger partial charge in [0.15, 0.2) is 6.29 Å². The van der Waals surface area contributed by atoms with Crippen molar-refractivity contribution in [2.24, 2.45) is 0 Å². The molecule has 0 bridgehead atoms. The number of aliphatic hydroxyl groups excluding tert-OH is 4. The van der Waals surface area contributed by atoms with Crippen LogP contribution in [0.1, 0.15) is 174 Å². The number of esters is 1. The van der Waals surface area contributed by atoms with Crippen LogP contribution in [-0.4, -0.2) is 89.6 Å². The standard InChI is InChI=1S/C50H86O9/c1-3-5-7-9-11-13-15-16-17-18-19-20-21-22-23-24-25-26-27-28-29-30-32-34-36-38-40-56-42-44(43-57-50-49(55)48(54)47(53)45(41-51)59-50)58-46(52)39-37-35-33-31-14-12-10-8-6-4-2/h5,7,11,13,16-17,19-20,22-23,25-26,44-45,47-51,53-55H,3-4,6,8-10,12,14-15,18,21,24,27-43H2,1-2H3/b7-5-,13-11-,17-16-,20-19-,23-22-,26-25-. The van der Waals surface area contributed by atoms with Gasteiger partial charge in [-0.15, -0.1) is 0 Å². The molecular weight excluding hydrogens is 745 g/mol. The Bertz CT molecular complexity index is 1130. The molecule has 0 aromatic rings. The predicted octanol–water partition coefficient (Wildman–Crippen LogP) is 10.9. The van der Waals surface area contributed by atoms with E-state index in [0.717, 1.165) is 83.5 Å². The molecule has 1 aliphatic rings. The average molecular weight is 831 g/mol. The van der Waals surface area contributed by atoms with Crippen molar-refractivity contribution in [3.63, 3.8) is 0 Å². The fourth-order valence-electron chi connectivity index (χ4n) is 6.73. The molecule has 0 saturated carbocycles. The van der Waals surface area contributed by atoms with Gasteiger partial charge in [0.25, 0.3) is 0 Å². The lowest BCUT2D eigenvalue weighted by Gasteiger charge is -2.39. The van der Waals surface area contributed by atoms with Gasteiger partial charge in [0.05, 0.1) is 19.8 Å². The number of unbranched alkanes of at least 4 members (excludes halogenated alkanes) is 16. The molecule has 6 atom stereocenters. The Morgan fingerprint density at radius 1 is 0.559 bits per heavy atom. The maximum absolute atomic E-state index is 12.7. The number of ether oxygens (including phenoxy) is 4. The molecule has 1 fully saturated rings. The van der Waals surface area contributed by atoms with E-state index in [1.807, 2.05) is 0 Å². The van der Waals surface area contributed by atoms with E-state index in [-0.39, 0.29) is 19.2 Å². The number of carbonyl (C=O) groups is 1. The minimum atomic E-state index is -1.54. The van der Waals surface area contributed by atoms with Gasteiger partial charge in [-0.25, -0.2) is 0 Å². The van der Waals surface area contributed by atoms with Crippen molar-refractivity contribution in [2.75, 3.05) is 26.4 Å². The molecule has 1 heterocycles. The fraction of sp³-hybridized carbons (Fsp3) is 0.740. The second kappa shape index (κ2) is 41.0. The monoisotopic (exact) mass is 831 g/mol. The largest absolute Gasteiger partial charge is 0.457 e. The highest BCUT2D eigenvalue weighted by Crippen LogP contribution is 2.22. The number of allylic oxidation sites excluding steroid dienone is 12. The molecule has 0 aromatic heterocycles. The summed E-state index contributed by atoms with van der Waals surface area (Å²) in [4.78, 5) is 12.7. The Labute approximate surface area is 359 Å². The van der Waals surface area contributed by atoms with E-state index in [1.54, 1.807) is 0 Å². The van der Waals surface area contributed by atoms with Gasteiger partial charge in [-0.1, -0.05) is 177 Å². The molecule has 0 radical (unpaired) electrons. The smallest absolute Gasteiger partial charge is 0.306 e. The van der Waals surface area contributed by atoms with Crippen molar-refractivity contribution in [1.82, 2.24) is 0 Å². The Hall–Kier alpha value is -2.37. The van der Waals surface area contributed by atoms with Gasteiger partial charge in [0.2, 0.25) is 0 Å². The van der Waals surface area contributed by atoms with Gasteiger partial charge >= 0.3 is 5.97 Å². The topological polar surface area (TPSA) is 135 Å². The molecule has 0 amide bonds. The van der Waals surface area contributed by atoms with Crippen LogP contribution < -0.4 is 0 Å². The third-order valence-electron chi connectivity index (χ3n) is 10.4. The first-order valence-electron chi connectivity index (χ1n) is 23.5.